The van der Waals surface area contributed by atoms with Gasteiger partial charge in [-0.2, -0.15) is 0 Å². The number of carbonyl (C=O) groups is 2. The van der Waals surface area contributed by atoms with Crippen LogP contribution in [0.5, 0.6) is 0 Å². The van der Waals surface area contributed by atoms with Gasteiger partial charge in [0.1, 0.15) is 11.3 Å². The Balaban J connectivity index is 1.78. The quantitative estimate of drug-likeness (QED) is 0.601. The Labute approximate surface area is 158 Å². The summed E-state index contributed by atoms with van der Waals surface area (Å²) in [5.74, 6) is -0.303. The molecule has 0 radical (unpaired) electrons. The molecule has 1 aromatic carbocycles. The van der Waals surface area contributed by atoms with Crippen LogP contribution in [0.4, 0.5) is 16.2 Å². The standard InChI is InChI=1S/C18H26N4O5/c1-18(2,3)27-17(24)19-13-8-10-21(11-9-13)12-16(23)20-14-6-4-5-7-15(14)22(25)26/h4-7,13H,8-12H2,1-3H3,(H,19,24)(H,20,23). The molecule has 1 aliphatic rings. The summed E-state index contributed by atoms with van der Waals surface area (Å²) in [7, 11) is 0. The summed E-state index contributed by atoms with van der Waals surface area (Å²) in [6, 6.07) is 6.05. The molecule has 1 aliphatic heterocycles. The fourth-order valence-electron chi connectivity index (χ4n) is 2.84. The second kappa shape index (κ2) is 8.81. The van der Waals surface area contributed by atoms with Crippen molar-refractivity contribution in [3.05, 3.63) is 34.4 Å². The van der Waals surface area contributed by atoms with Crippen LogP contribution in [0.3, 0.4) is 0 Å². The fraction of sp³-hybridized carbons (Fsp3) is 0.556. The number of nitrogens with one attached hydrogen (secondary N) is 2. The van der Waals surface area contributed by atoms with Gasteiger partial charge in [0.15, 0.2) is 0 Å². The van der Waals surface area contributed by atoms with Crippen LogP contribution in [0.2, 0.25) is 0 Å². The molecule has 0 aromatic heterocycles. The number of carbonyl (C=O) groups excluding carboxylic acids is 2. The number of hydrogen-bond donors (Lipinski definition) is 2. The Morgan fingerprint density at radius 3 is 2.48 bits per heavy atom. The van der Waals surface area contributed by atoms with Crippen LogP contribution in [-0.4, -0.2) is 53.1 Å². The molecule has 1 aromatic rings. The summed E-state index contributed by atoms with van der Waals surface area (Å²) in [4.78, 5) is 36.5. The first-order valence-corrected chi connectivity index (χ1v) is 8.89. The van der Waals surface area contributed by atoms with Crippen LogP contribution in [0.15, 0.2) is 24.3 Å². The molecule has 9 nitrogen and oxygen atoms in total. The van der Waals surface area contributed by atoms with Crippen molar-refractivity contribution in [3.63, 3.8) is 0 Å². The summed E-state index contributed by atoms with van der Waals surface area (Å²) in [5, 5.41) is 16.4. The van der Waals surface area contributed by atoms with Gasteiger partial charge in [-0.1, -0.05) is 12.1 Å². The highest BCUT2D eigenvalue weighted by atomic mass is 16.6. The molecule has 0 spiro atoms. The Morgan fingerprint density at radius 2 is 1.89 bits per heavy atom. The Hall–Kier alpha value is -2.68. The van der Waals surface area contributed by atoms with E-state index >= 15 is 0 Å². The third-order valence-electron chi connectivity index (χ3n) is 4.05. The Morgan fingerprint density at radius 1 is 1.26 bits per heavy atom. The predicted molar refractivity (Wildman–Crippen MR) is 101 cm³/mol. The number of benzene rings is 1. The molecule has 2 N–H and O–H groups in total. The van der Waals surface area contributed by atoms with E-state index in [1.165, 1.54) is 12.1 Å². The average molecular weight is 378 g/mol. The molecule has 1 fully saturated rings. The summed E-state index contributed by atoms with van der Waals surface area (Å²) in [5.41, 5.74) is -0.483. The zero-order valence-corrected chi connectivity index (χ0v) is 15.9. The summed E-state index contributed by atoms with van der Waals surface area (Å²) < 4.78 is 5.25. The molecule has 9 heteroatoms. The molecule has 1 heterocycles. The van der Waals surface area contributed by atoms with Crippen molar-refractivity contribution in [3.8, 4) is 0 Å². The van der Waals surface area contributed by atoms with E-state index in [1.807, 2.05) is 25.7 Å². The topological polar surface area (TPSA) is 114 Å². The molecule has 2 amide bonds. The van der Waals surface area contributed by atoms with Crippen LogP contribution in [0.1, 0.15) is 33.6 Å². The minimum absolute atomic E-state index is 0.00868. The van der Waals surface area contributed by atoms with E-state index < -0.39 is 16.6 Å². The molecule has 0 aliphatic carbocycles. The number of rotatable bonds is 5. The molecule has 0 unspecified atom stereocenters. The van der Waals surface area contributed by atoms with Crippen LogP contribution in [0, 0.1) is 10.1 Å². The van der Waals surface area contributed by atoms with Crippen LogP contribution in [0.25, 0.3) is 0 Å². The number of nitro groups is 1. The van der Waals surface area contributed by atoms with Crippen molar-refractivity contribution in [2.45, 2.75) is 45.3 Å². The van der Waals surface area contributed by atoms with Crippen molar-refractivity contribution in [2.75, 3.05) is 25.0 Å². The normalized spacial score (nSPS) is 15.8. The largest absolute Gasteiger partial charge is 0.444 e. The Bertz CT molecular complexity index is 693. The zero-order valence-electron chi connectivity index (χ0n) is 15.9. The number of nitro benzene ring substituents is 1. The van der Waals surface area contributed by atoms with Crippen LogP contribution in [-0.2, 0) is 9.53 Å². The summed E-state index contributed by atoms with van der Waals surface area (Å²) in [6.45, 7) is 6.86. The van der Waals surface area contributed by atoms with Gasteiger partial charge in [-0.25, -0.2) is 4.79 Å². The van der Waals surface area contributed by atoms with Crippen molar-refractivity contribution >= 4 is 23.4 Å². The van der Waals surface area contributed by atoms with E-state index in [4.69, 9.17) is 4.74 Å². The van der Waals surface area contributed by atoms with Gasteiger partial charge in [0.05, 0.1) is 11.5 Å². The van der Waals surface area contributed by atoms with Gasteiger partial charge in [0.2, 0.25) is 5.91 Å². The Kier molecular flexibility index (Phi) is 6.73. The first kappa shape index (κ1) is 20.6. The molecule has 27 heavy (non-hydrogen) atoms. The number of nitrogens with zero attached hydrogens (tertiary/aromatic N) is 2. The summed E-state index contributed by atoms with van der Waals surface area (Å²) >= 11 is 0. The average Bonchev–Trinajstić information content (AvgIpc) is 2.55. The van der Waals surface area contributed by atoms with Crippen molar-refractivity contribution in [2.24, 2.45) is 0 Å². The number of alkyl carbamates (subject to hydrolysis) is 1. The van der Waals surface area contributed by atoms with E-state index in [9.17, 15) is 19.7 Å². The van der Waals surface area contributed by atoms with Gasteiger partial charge in [-0.05, 0) is 39.7 Å². The third kappa shape index (κ3) is 6.86. The van der Waals surface area contributed by atoms with E-state index in [2.05, 4.69) is 10.6 Å². The second-order valence-electron chi connectivity index (χ2n) is 7.52. The van der Waals surface area contributed by atoms with Crippen molar-refractivity contribution in [1.29, 1.82) is 0 Å². The fourth-order valence-corrected chi connectivity index (χ4v) is 2.84. The highest BCUT2D eigenvalue weighted by Gasteiger charge is 2.25. The molecule has 0 saturated carbocycles. The van der Waals surface area contributed by atoms with Gasteiger partial charge >= 0.3 is 6.09 Å². The molecule has 0 atom stereocenters. The van der Waals surface area contributed by atoms with Crippen molar-refractivity contribution < 1.29 is 19.2 Å². The van der Waals surface area contributed by atoms with Crippen molar-refractivity contribution in [1.82, 2.24) is 10.2 Å². The molecule has 2 rings (SSSR count). The van der Waals surface area contributed by atoms with Gasteiger partial charge in [0, 0.05) is 25.2 Å². The zero-order chi connectivity index (χ0) is 20.0. The number of para-hydroxylation sites is 2. The molecular weight excluding hydrogens is 352 g/mol. The number of piperidine rings is 1. The first-order chi connectivity index (χ1) is 12.6. The van der Waals surface area contributed by atoms with E-state index in [0.29, 0.717) is 25.9 Å². The number of amides is 2. The second-order valence-corrected chi connectivity index (χ2v) is 7.52. The lowest BCUT2D eigenvalue weighted by Gasteiger charge is -2.32. The SMILES string of the molecule is CC(C)(C)OC(=O)NC1CCN(CC(=O)Nc2ccccc2[N+](=O)[O-])CC1. The number of ether oxygens (including phenoxy) is 1. The van der Waals surface area contributed by atoms with Crippen LogP contribution < -0.4 is 10.6 Å². The van der Waals surface area contributed by atoms with Gasteiger partial charge in [-0.15, -0.1) is 0 Å². The van der Waals surface area contributed by atoms with E-state index in [-0.39, 0.29) is 29.9 Å². The predicted octanol–water partition coefficient (Wildman–Crippen LogP) is 2.52. The number of hydrogen-bond acceptors (Lipinski definition) is 6. The highest BCUT2D eigenvalue weighted by Crippen LogP contribution is 2.23. The lowest BCUT2D eigenvalue weighted by Crippen LogP contribution is -2.47. The summed E-state index contributed by atoms with van der Waals surface area (Å²) in [6.07, 6.45) is 0.978. The van der Waals surface area contributed by atoms with Gasteiger partial charge < -0.3 is 15.4 Å². The smallest absolute Gasteiger partial charge is 0.407 e. The lowest BCUT2D eigenvalue weighted by atomic mass is 10.1. The lowest BCUT2D eigenvalue weighted by molar-refractivity contribution is -0.383. The van der Waals surface area contributed by atoms with E-state index in [0.717, 1.165) is 0 Å². The van der Waals surface area contributed by atoms with Gasteiger partial charge in [0.25, 0.3) is 5.69 Å². The van der Waals surface area contributed by atoms with Gasteiger partial charge in [-0.3, -0.25) is 19.8 Å². The first-order valence-electron chi connectivity index (χ1n) is 8.89. The molecule has 0 bridgehead atoms. The highest BCUT2D eigenvalue weighted by molar-refractivity contribution is 5.94. The molecule has 1 saturated heterocycles. The maximum atomic E-state index is 12.2. The number of anilines is 1. The monoisotopic (exact) mass is 378 g/mol. The third-order valence-corrected chi connectivity index (χ3v) is 4.05. The number of likely N-dealkylation sites (tertiary alicyclic amines) is 1. The van der Waals surface area contributed by atoms with Crippen LogP contribution >= 0.6 is 0 Å². The molecular formula is C18H26N4O5. The minimum atomic E-state index is -0.539. The minimum Gasteiger partial charge on any atom is -0.444 e. The maximum Gasteiger partial charge on any atom is 0.407 e. The van der Waals surface area contributed by atoms with E-state index in [1.54, 1.807) is 12.1 Å². The molecule has 148 valence electrons. The maximum absolute atomic E-state index is 12.2.